The molecule has 0 unspecified atom stereocenters. The van der Waals surface area contributed by atoms with Crippen LogP contribution >= 0.6 is 11.8 Å². The highest BCUT2D eigenvalue weighted by molar-refractivity contribution is 8.00. The molecule has 0 fully saturated rings. The number of benzene rings is 9. The first-order chi connectivity index (χ1) is 31.3. The maximum absolute atomic E-state index is 6.83. The van der Waals surface area contributed by atoms with Gasteiger partial charge in [0.2, 0.25) is 0 Å². The second-order valence-electron chi connectivity index (χ2n) is 18.6. The summed E-state index contributed by atoms with van der Waals surface area (Å²) in [6, 6.07) is 65.6. The number of fused-ring (bicyclic) bond motifs is 16. The highest BCUT2D eigenvalue weighted by Gasteiger charge is 2.42. The number of rotatable bonds is 3. The van der Waals surface area contributed by atoms with Crippen molar-refractivity contribution in [2.24, 2.45) is 0 Å². The van der Waals surface area contributed by atoms with Crippen LogP contribution in [0.5, 0.6) is 11.5 Å². The summed E-state index contributed by atoms with van der Waals surface area (Å²) in [5.74, 6) is 1.90. The molecule has 11 aromatic rings. The van der Waals surface area contributed by atoms with Crippen LogP contribution in [0.3, 0.4) is 0 Å². The third-order valence-corrected chi connectivity index (χ3v) is 15.6. The Hall–Kier alpha value is -7.21. The van der Waals surface area contributed by atoms with Crippen LogP contribution in [0, 0.1) is 13.8 Å². The van der Waals surface area contributed by atoms with Crippen LogP contribution in [0.4, 0.5) is 0 Å². The van der Waals surface area contributed by atoms with Crippen molar-refractivity contribution >= 4 is 78.5 Å². The second kappa shape index (κ2) is 12.9. The molecular weight excluding hydrogens is 796 g/mol. The van der Waals surface area contributed by atoms with E-state index in [0.29, 0.717) is 0 Å². The molecule has 0 atom stereocenters. The number of para-hydroxylation sites is 3. The van der Waals surface area contributed by atoms with Crippen molar-refractivity contribution in [1.29, 1.82) is 0 Å². The van der Waals surface area contributed by atoms with Gasteiger partial charge in [-0.05, 0) is 113 Å². The topological polar surface area (TPSA) is 19.1 Å². The fourth-order valence-corrected chi connectivity index (χ4v) is 13.0. The molecule has 0 amide bonds. The quantitative estimate of drug-likeness (QED) is 0.165. The van der Waals surface area contributed by atoms with E-state index in [2.05, 4.69) is 213 Å². The number of aryl methyl sites for hydroxylation is 2. The van der Waals surface area contributed by atoms with Gasteiger partial charge in [-0.25, -0.2) is 0 Å². The Balaban J connectivity index is 1.02. The van der Waals surface area contributed by atoms with Gasteiger partial charge in [-0.2, -0.15) is 0 Å². The van der Waals surface area contributed by atoms with Gasteiger partial charge in [0.15, 0.2) is 0 Å². The zero-order valence-electron chi connectivity index (χ0n) is 36.0. The molecule has 2 aromatic heterocycles. The highest BCUT2D eigenvalue weighted by Crippen LogP contribution is 2.58. The highest BCUT2D eigenvalue weighted by atomic mass is 32.2. The van der Waals surface area contributed by atoms with Crippen LogP contribution in [0.25, 0.3) is 77.2 Å². The van der Waals surface area contributed by atoms with Crippen LogP contribution < -0.4 is 21.1 Å². The molecule has 0 spiro atoms. The van der Waals surface area contributed by atoms with Crippen molar-refractivity contribution in [3.63, 3.8) is 0 Å². The van der Waals surface area contributed by atoms with E-state index in [0.717, 1.165) is 28.3 Å². The molecule has 1 aliphatic carbocycles. The first-order valence-corrected chi connectivity index (χ1v) is 23.2. The molecule has 0 N–H and O–H groups in total. The fourth-order valence-electron chi connectivity index (χ4n) is 11.8. The Morgan fingerprint density at radius 1 is 0.516 bits per heavy atom. The first-order valence-electron chi connectivity index (χ1n) is 22.4. The van der Waals surface area contributed by atoms with Crippen LogP contribution in [0.1, 0.15) is 36.1 Å². The summed E-state index contributed by atoms with van der Waals surface area (Å²) < 4.78 is 11.9. The lowest BCUT2D eigenvalue weighted by atomic mass is 9.35. The van der Waals surface area contributed by atoms with Gasteiger partial charge in [-0.1, -0.05) is 157 Å². The lowest BCUT2D eigenvalue weighted by molar-refractivity contribution is 0.486. The summed E-state index contributed by atoms with van der Waals surface area (Å²) in [4.78, 5) is 2.59. The molecule has 4 heterocycles. The predicted octanol–water partition coefficient (Wildman–Crippen LogP) is 13.6. The van der Waals surface area contributed by atoms with Gasteiger partial charge in [0.25, 0.3) is 6.71 Å². The van der Waals surface area contributed by atoms with Gasteiger partial charge >= 0.3 is 0 Å². The van der Waals surface area contributed by atoms with E-state index in [1.807, 2.05) is 11.8 Å². The summed E-state index contributed by atoms with van der Waals surface area (Å²) in [6.45, 7) is 9.36. The SMILES string of the molecule is Cc1ccc2c(c1)B1c3cc(C)ccc3Sc3cc(-c4ccc(-n5c6ccccc6c6c7c(c8c(c9ccccc9n8-c8ccccc8)c65)-c5ccccc5C7(C)C)cc4)cc(c31)O2. The van der Waals surface area contributed by atoms with Crippen molar-refractivity contribution in [2.45, 2.75) is 42.9 Å². The molecule has 3 nitrogen and oxygen atoms in total. The molecule has 302 valence electrons. The summed E-state index contributed by atoms with van der Waals surface area (Å²) in [7, 11) is 0. The maximum atomic E-state index is 6.83. The molecule has 0 bridgehead atoms. The van der Waals surface area contributed by atoms with E-state index in [1.165, 1.54) is 109 Å². The van der Waals surface area contributed by atoms with Gasteiger partial charge in [-0.15, -0.1) is 0 Å². The summed E-state index contributed by atoms with van der Waals surface area (Å²) >= 11 is 1.87. The number of nitrogens with zero attached hydrogens (tertiary/aromatic N) is 2. The van der Waals surface area contributed by atoms with Crippen LogP contribution in [-0.2, 0) is 5.41 Å². The Kier molecular flexibility index (Phi) is 7.34. The molecule has 5 heteroatoms. The average molecular weight is 837 g/mol. The van der Waals surface area contributed by atoms with Crippen LogP contribution in [0.15, 0.2) is 186 Å². The van der Waals surface area contributed by atoms with Crippen molar-refractivity contribution in [3.05, 3.63) is 198 Å². The van der Waals surface area contributed by atoms with E-state index >= 15 is 0 Å². The van der Waals surface area contributed by atoms with E-state index in [1.54, 1.807) is 0 Å². The van der Waals surface area contributed by atoms with E-state index in [4.69, 9.17) is 4.74 Å². The van der Waals surface area contributed by atoms with Crippen molar-refractivity contribution in [2.75, 3.05) is 0 Å². The number of aromatic nitrogens is 2. The molecule has 64 heavy (non-hydrogen) atoms. The van der Waals surface area contributed by atoms with Gasteiger partial charge < -0.3 is 13.9 Å². The van der Waals surface area contributed by atoms with Gasteiger partial charge in [0, 0.05) is 53.7 Å². The molecule has 2 aliphatic heterocycles. The Morgan fingerprint density at radius 2 is 1.16 bits per heavy atom. The van der Waals surface area contributed by atoms with Gasteiger partial charge in [0.05, 0.1) is 22.1 Å². The third kappa shape index (κ3) is 4.80. The largest absolute Gasteiger partial charge is 0.458 e. The predicted molar refractivity (Wildman–Crippen MR) is 269 cm³/mol. The summed E-state index contributed by atoms with van der Waals surface area (Å²) in [6.07, 6.45) is 0. The van der Waals surface area contributed by atoms with Crippen molar-refractivity contribution < 1.29 is 4.74 Å². The minimum Gasteiger partial charge on any atom is -0.458 e. The molecule has 14 rings (SSSR count). The molecule has 3 aliphatic rings. The van der Waals surface area contributed by atoms with Crippen molar-refractivity contribution in [3.8, 4) is 45.1 Å². The zero-order chi connectivity index (χ0) is 42.6. The van der Waals surface area contributed by atoms with Crippen molar-refractivity contribution in [1.82, 2.24) is 9.13 Å². The average Bonchev–Trinajstić information content (AvgIpc) is 3.92. The van der Waals surface area contributed by atoms with Crippen LogP contribution in [-0.4, -0.2) is 15.8 Å². The first kappa shape index (κ1) is 36.3. The molecule has 9 aromatic carbocycles. The normalized spacial score (nSPS) is 14.1. The lowest BCUT2D eigenvalue weighted by Gasteiger charge is -2.33. The number of hydrogen-bond donors (Lipinski definition) is 0. The second-order valence-corrected chi connectivity index (χ2v) is 19.6. The van der Waals surface area contributed by atoms with E-state index in [-0.39, 0.29) is 12.1 Å². The number of ether oxygens (including phenoxy) is 1. The molecule has 0 radical (unpaired) electrons. The zero-order valence-corrected chi connectivity index (χ0v) is 36.8. The standard InChI is InChI=1S/C59H41BN2OS/c1-34-22-28-48-44(30-34)60-45-31-35(2)23-29-50(45)64-51-33-37(32-49(63-48)56(51)60)36-24-26-39(27-25-36)62-46-20-12-9-17-41(46)53-55-52(40-16-8-11-19-43(40)59(55,3)4)57-54(58(53)62)42-18-10-13-21-47(42)61(57)38-14-6-5-7-15-38/h5-33H,1-4H3. The monoisotopic (exact) mass is 836 g/mol. The van der Waals surface area contributed by atoms with E-state index in [9.17, 15) is 0 Å². The fraction of sp³-hybridized carbons (Fsp3) is 0.0847. The number of hydrogen-bond acceptors (Lipinski definition) is 2. The summed E-state index contributed by atoms with van der Waals surface area (Å²) in [5, 5.41) is 5.15. The summed E-state index contributed by atoms with van der Waals surface area (Å²) in [5.41, 5.74) is 21.2. The maximum Gasteiger partial charge on any atom is 0.253 e. The Labute approximate surface area is 376 Å². The molecular formula is C59H41BN2OS. The Morgan fingerprint density at radius 3 is 1.94 bits per heavy atom. The minimum atomic E-state index is -0.236. The van der Waals surface area contributed by atoms with Crippen LogP contribution in [0.2, 0.25) is 0 Å². The molecule has 0 saturated carbocycles. The lowest BCUT2D eigenvalue weighted by Crippen LogP contribution is -2.57. The minimum absolute atomic E-state index is 0.139. The van der Waals surface area contributed by atoms with Gasteiger partial charge in [-0.3, -0.25) is 0 Å². The van der Waals surface area contributed by atoms with Gasteiger partial charge in [0.1, 0.15) is 11.5 Å². The third-order valence-electron chi connectivity index (χ3n) is 14.5. The smallest absolute Gasteiger partial charge is 0.253 e. The Bertz CT molecular complexity index is 3760. The molecule has 0 saturated heterocycles. The van der Waals surface area contributed by atoms with E-state index < -0.39 is 0 Å².